The third-order valence-corrected chi connectivity index (χ3v) is 5.87. The van der Waals surface area contributed by atoms with E-state index in [1.165, 1.54) is 12.1 Å². The molecule has 2 fully saturated rings. The van der Waals surface area contributed by atoms with Crippen LogP contribution in [0.3, 0.4) is 0 Å². The van der Waals surface area contributed by atoms with Gasteiger partial charge in [-0.25, -0.2) is 4.39 Å². The van der Waals surface area contributed by atoms with Crippen LogP contribution in [0.2, 0.25) is 0 Å². The first kappa shape index (κ1) is 19.6. The predicted molar refractivity (Wildman–Crippen MR) is 110 cm³/mol. The van der Waals surface area contributed by atoms with Gasteiger partial charge in [0, 0.05) is 31.2 Å². The van der Waals surface area contributed by atoms with E-state index in [9.17, 15) is 14.0 Å². The van der Waals surface area contributed by atoms with Crippen LogP contribution in [0.1, 0.15) is 47.2 Å². The van der Waals surface area contributed by atoms with Crippen molar-refractivity contribution in [3.05, 3.63) is 71.0 Å². The van der Waals surface area contributed by atoms with Gasteiger partial charge in [0.15, 0.2) is 0 Å². The lowest BCUT2D eigenvalue weighted by Crippen LogP contribution is -2.47. The molecule has 2 aliphatic rings. The number of amides is 2. The number of benzene rings is 2. The largest absolute Gasteiger partial charge is 0.338 e. The van der Waals surface area contributed by atoms with E-state index in [4.69, 9.17) is 0 Å². The normalized spacial score (nSPS) is 19.1. The van der Waals surface area contributed by atoms with E-state index in [0.717, 1.165) is 36.8 Å². The van der Waals surface area contributed by atoms with Crippen LogP contribution < -0.4 is 0 Å². The van der Waals surface area contributed by atoms with E-state index in [-0.39, 0.29) is 29.6 Å². The minimum absolute atomic E-state index is 0.00870. The Morgan fingerprint density at radius 2 is 1.86 bits per heavy atom. The van der Waals surface area contributed by atoms with E-state index >= 15 is 0 Å². The molecule has 0 bridgehead atoms. The van der Waals surface area contributed by atoms with Gasteiger partial charge in [-0.05, 0) is 62.4 Å². The summed E-state index contributed by atoms with van der Waals surface area (Å²) in [5.41, 5.74) is 2.60. The number of carbonyl (C=O) groups excluding carboxylic acids is 2. The molecule has 152 valence electrons. The summed E-state index contributed by atoms with van der Waals surface area (Å²) >= 11 is 0. The maximum Gasteiger partial charge on any atom is 0.253 e. The van der Waals surface area contributed by atoms with E-state index in [0.29, 0.717) is 25.2 Å². The number of hydrogen-bond donors (Lipinski definition) is 0. The molecular weight excluding hydrogens is 367 g/mol. The Balaban J connectivity index is 1.45. The summed E-state index contributed by atoms with van der Waals surface area (Å²) in [5, 5.41) is 0. The molecule has 1 saturated heterocycles. The molecule has 0 aromatic heterocycles. The first-order valence-electron chi connectivity index (χ1n) is 10.4. The highest BCUT2D eigenvalue weighted by atomic mass is 19.1. The van der Waals surface area contributed by atoms with Gasteiger partial charge >= 0.3 is 0 Å². The van der Waals surface area contributed by atoms with Crippen molar-refractivity contribution >= 4 is 11.8 Å². The monoisotopic (exact) mass is 394 g/mol. The predicted octanol–water partition coefficient (Wildman–Crippen LogP) is 4.18. The molecule has 2 amide bonds. The maximum absolute atomic E-state index is 13.6. The van der Waals surface area contributed by atoms with Crippen molar-refractivity contribution in [2.45, 2.75) is 45.2 Å². The Kier molecular flexibility index (Phi) is 5.65. The zero-order valence-corrected chi connectivity index (χ0v) is 16.8. The average molecular weight is 394 g/mol. The second-order valence-corrected chi connectivity index (χ2v) is 8.28. The summed E-state index contributed by atoms with van der Waals surface area (Å²) in [6.07, 6.45) is 3.62. The third-order valence-electron chi connectivity index (χ3n) is 5.87. The highest BCUT2D eigenvalue weighted by Gasteiger charge is 2.38. The molecule has 1 aliphatic heterocycles. The number of piperidine rings is 1. The van der Waals surface area contributed by atoms with Crippen molar-refractivity contribution in [2.75, 3.05) is 13.1 Å². The van der Waals surface area contributed by atoms with E-state index in [1.807, 2.05) is 47.1 Å². The maximum atomic E-state index is 13.6. The second kappa shape index (κ2) is 8.36. The van der Waals surface area contributed by atoms with Gasteiger partial charge in [0.1, 0.15) is 5.82 Å². The molecule has 2 aromatic carbocycles. The van der Waals surface area contributed by atoms with Crippen molar-refractivity contribution in [3.63, 3.8) is 0 Å². The van der Waals surface area contributed by atoms with Crippen molar-refractivity contribution in [1.29, 1.82) is 0 Å². The quantitative estimate of drug-likeness (QED) is 0.763. The molecule has 4 nitrogen and oxygen atoms in total. The number of rotatable bonds is 5. The van der Waals surface area contributed by atoms with Gasteiger partial charge in [-0.3, -0.25) is 9.59 Å². The summed E-state index contributed by atoms with van der Waals surface area (Å²) < 4.78 is 13.6. The van der Waals surface area contributed by atoms with E-state index in [2.05, 4.69) is 0 Å². The van der Waals surface area contributed by atoms with Gasteiger partial charge in [0.25, 0.3) is 5.91 Å². The Hall–Kier alpha value is -2.69. The minimum atomic E-state index is -0.279. The van der Waals surface area contributed by atoms with Crippen LogP contribution in [-0.2, 0) is 11.3 Å². The smallest absolute Gasteiger partial charge is 0.253 e. The van der Waals surface area contributed by atoms with E-state index in [1.54, 1.807) is 6.07 Å². The van der Waals surface area contributed by atoms with Gasteiger partial charge in [-0.2, -0.15) is 0 Å². The van der Waals surface area contributed by atoms with Gasteiger partial charge in [0.05, 0.1) is 5.92 Å². The lowest BCUT2D eigenvalue weighted by atomic mass is 9.95. The van der Waals surface area contributed by atoms with Gasteiger partial charge < -0.3 is 9.80 Å². The Morgan fingerprint density at radius 3 is 2.55 bits per heavy atom. The topological polar surface area (TPSA) is 40.6 Å². The fourth-order valence-corrected chi connectivity index (χ4v) is 4.08. The molecule has 5 heteroatoms. The first-order valence-corrected chi connectivity index (χ1v) is 10.4. The molecule has 29 heavy (non-hydrogen) atoms. The minimum Gasteiger partial charge on any atom is -0.338 e. The Bertz CT molecular complexity index is 892. The van der Waals surface area contributed by atoms with Gasteiger partial charge in [0.2, 0.25) is 5.91 Å². The van der Waals surface area contributed by atoms with Crippen molar-refractivity contribution in [1.82, 2.24) is 9.80 Å². The summed E-state index contributed by atoms with van der Waals surface area (Å²) in [6.45, 7) is 3.57. The summed E-state index contributed by atoms with van der Waals surface area (Å²) in [7, 11) is 0. The molecule has 0 spiro atoms. The molecule has 1 saturated carbocycles. The SMILES string of the molecule is Cc1ccc(C(=O)N2CCCC(C(=O)N(Cc3cccc(F)c3)C3CC3)C2)cc1. The van der Waals surface area contributed by atoms with Crippen LogP contribution in [0.25, 0.3) is 0 Å². The van der Waals surface area contributed by atoms with Crippen LogP contribution in [0, 0.1) is 18.7 Å². The average Bonchev–Trinajstić information content (AvgIpc) is 3.57. The van der Waals surface area contributed by atoms with Crippen molar-refractivity contribution in [2.24, 2.45) is 5.92 Å². The summed E-state index contributed by atoms with van der Waals surface area (Å²) in [6, 6.07) is 14.3. The molecule has 4 rings (SSSR count). The van der Waals surface area contributed by atoms with Crippen LogP contribution in [0.5, 0.6) is 0 Å². The number of carbonyl (C=O) groups is 2. The second-order valence-electron chi connectivity index (χ2n) is 8.28. The van der Waals surface area contributed by atoms with Crippen LogP contribution in [-0.4, -0.2) is 40.7 Å². The highest BCUT2D eigenvalue weighted by molar-refractivity contribution is 5.94. The molecular formula is C24H27FN2O2. The molecule has 1 heterocycles. The van der Waals surface area contributed by atoms with Gasteiger partial charge in [-0.15, -0.1) is 0 Å². The zero-order valence-electron chi connectivity index (χ0n) is 16.8. The lowest BCUT2D eigenvalue weighted by molar-refractivity contribution is -0.138. The Morgan fingerprint density at radius 1 is 1.10 bits per heavy atom. The first-order chi connectivity index (χ1) is 14.0. The molecule has 2 aromatic rings. The fraction of sp³-hybridized carbons (Fsp3) is 0.417. The van der Waals surface area contributed by atoms with Crippen LogP contribution in [0.4, 0.5) is 4.39 Å². The van der Waals surface area contributed by atoms with Crippen molar-refractivity contribution < 1.29 is 14.0 Å². The number of halogens is 1. The number of nitrogens with zero attached hydrogens (tertiary/aromatic N) is 2. The number of likely N-dealkylation sites (tertiary alicyclic amines) is 1. The fourth-order valence-electron chi connectivity index (χ4n) is 4.08. The molecule has 1 aliphatic carbocycles. The molecule has 1 unspecified atom stereocenters. The van der Waals surface area contributed by atoms with Crippen molar-refractivity contribution in [3.8, 4) is 0 Å². The number of hydrogen-bond acceptors (Lipinski definition) is 2. The highest BCUT2D eigenvalue weighted by Crippen LogP contribution is 2.32. The third kappa shape index (κ3) is 4.66. The standard InChI is InChI=1S/C24H27FN2O2/c1-17-7-9-19(10-8-17)23(28)26-13-3-5-20(16-26)24(29)27(22-11-12-22)15-18-4-2-6-21(25)14-18/h2,4,6-10,14,20,22H,3,5,11-13,15-16H2,1H3. The van der Waals surface area contributed by atoms with Gasteiger partial charge in [-0.1, -0.05) is 29.8 Å². The zero-order chi connectivity index (χ0) is 20.4. The molecule has 0 N–H and O–H groups in total. The lowest BCUT2D eigenvalue weighted by Gasteiger charge is -2.35. The summed E-state index contributed by atoms with van der Waals surface area (Å²) in [4.78, 5) is 29.9. The molecule has 0 radical (unpaired) electrons. The summed E-state index contributed by atoms with van der Waals surface area (Å²) in [5.74, 6) is -0.380. The van der Waals surface area contributed by atoms with Crippen LogP contribution >= 0.6 is 0 Å². The number of aryl methyl sites for hydroxylation is 1. The molecule has 1 atom stereocenters. The Labute approximate surface area is 171 Å². The van der Waals surface area contributed by atoms with Crippen LogP contribution in [0.15, 0.2) is 48.5 Å². The van der Waals surface area contributed by atoms with E-state index < -0.39 is 0 Å².